The fourth-order valence-corrected chi connectivity index (χ4v) is 8.97. The molecule has 2 nitrogen and oxygen atoms in total. The highest BCUT2D eigenvalue weighted by atomic mass is 15.2. The average molecular weight is 739 g/mol. The Morgan fingerprint density at radius 2 is 0.810 bits per heavy atom. The van der Waals surface area contributed by atoms with Crippen LogP contribution >= 0.6 is 0 Å². The summed E-state index contributed by atoms with van der Waals surface area (Å²) in [4.78, 5) is 2.52. The monoisotopic (exact) mass is 738 g/mol. The molecule has 0 unspecified atom stereocenters. The molecule has 10 aromatic carbocycles. The van der Waals surface area contributed by atoms with Crippen LogP contribution in [0.4, 0.5) is 17.1 Å². The van der Waals surface area contributed by atoms with Crippen LogP contribution in [0.1, 0.15) is 0 Å². The molecule has 272 valence electrons. The van der Waals surface area contributed by atoms with Crippen LogP contribution in [-0.2, 0) is 0 Å². The Morgan fingerprint density at radius 1 is 0.293 bits per heavy atom. The van der Waals surface area contributed by atoms with Crippen LogP contribution in [-0.4, -0.2) is 4.57 Å². The molecule has 0 atom stereocenters. The molecule has 0 saturated carbocycles. The SMILES string of the molecule is c1ccc(-c2ccc(-c3ccccc3-n3c4ccccc4c4c(N(c5ccccc5-c5ccccc5)c5cc6ccccc6c6ccccc56)cccc43)cc2)cc1. The van der Waals surface area contributed by atoms with Gasteiger partial charge >= 0.3 is 0 Å². The third-order valence-electron chi connectivity index (χ3n) is 11.6. The highest BCUT2D eigenvalue weighted by molar-refractivity contribution is 6.20. The largest absolute Gasteiger partial charge is 0.309 e. The summed E-state index contributed by atoms with van der Waals surface area (Å²) in [6.45, 7) is 0. The minimum atomic E-state index is 1.12. The van der Waals surface area contributed by atoms with Crippen molar-refractivity contribution in [1.29, 1.82) is 0 Å². The lowest BCUT2D eigenvalue weighted by Gasteiger charge is -2.30. The predicted octanol–water partition coefficient (Wildman–Crippen LogP) is 15.6. The van der Waals surface area contributed by atoms with E-state index >= 15 is 0 Å². The Hall–Kier alpha value is -7.68. The Morgan fingerprint density at radius 3 is 1.60 bits per heavy atom. The van der Waals surface area contributed by atoms with Gasteiger partial charge in [0, 0.05) is 27.3 Å². The molecular formula is C56H38N2. The summed E-state index contributed by atoms with van der Waals surface area (Å²) in [6.07, 6.45) is 0. The van der Waals surface area contributed by atoms with E-state index in [1.54, 1.807) is 0 Å². The van der Waals surface area contributed by atoms with Gasteiger partial charge in [0.05, 0.1) is 33.8 Å². The molecular weight excluding hydrogens is 701 g/mol. The van der Waals surface area contributed by atoms with Crippen molar-refractivity contribution < 1.29 is 0 Å². The van der Waals surface area contributed by atoms with E-state index in [1.807, 2.05) is 0 Å². The fourth-order valence-electron chi connectivity index (χ4n) is 8.97. The first-order valence-corrected chi connectivity index (χ1v) is 19.9. The molecule has 1 heterocycles. The molecule has 0 aliphatic heterocycles. The van der Waals surface area contributed by atoms with E-state index in [0.29, 0.717) is 0 Å². The number of fused-ring (bicyclic) bond motifs is 6. The Labute approximate surface area is 338 Å². The summed E-state index contributed by atoms with van der Waals surface area (Å²) in [5.41, 5.74) is 14.0. The van der Waals surface area contributed by atoms with Gasteiger partial charge in [-0.25, -0.2) is 0 Å². The van der Waals surface area contributed by atoms with Crippen molar-refractivity contribution in [1.82, 2.24) is 4.57 Å². The summed E-state index contributed by atoms with van der Waals surface area (Å²) < 4.78 is 2.47. The molecule has 0 aliphatic carbocycles. The van der Waals surface area contributed by atoms with Crippen LogP contribution in [0.15, 0.2) is 231 Å². The quantitative estimate of drug-likeness (QED) is 0.148. The van der Waals surface area contributed by atoms with Gasteiger partial charge in [0.15, 0.2) is 0 Å². The lowest BCUT2D eigenvalue weighted by Crippen LogP contribution is -2.12. The first kappa shape index (κ1) is 33.6. The summed E-state index contributed by atoms with van der Waals surface area (Å²) in [5.74, 6) is 0. The van der Waals surface area contributed by atoms with E-state index in [9.17, 15) is 0 Å². The maximum absolute atomic E-state index is 2.52. The molecule has 1 aromatic heterocycles. The number of nitrogens with zero attached hydrogens (tertiary/aromatic N) is 2. The highest BCUT2D eigenvalue weighted by Gasteiger charge is 2.25. The van der Waals surface area contributed by atoms with Crippen LogP contribution in [0.3, 0.4) is 0 Å². The molecule has 2 heteroatoms. The van der Waals surface area contributed by atoms with Crippen molar-refractivity contribution in [3.05, 3.63) is 231 Å². The molecule has 0 bridgehead atoms. The van der Waals surface area contributed by atoms with E-state index in [1.165, 1.54) is 65.7 Å². The van der Waals surface area contributed by atoms with E-state index in [4.69, 9.17) is 0 Å². The zero-order chi connectivity index (χ0) is 38.4. The second-order valence-corrected chi connectivity index (χ2v) is 14.9. The third-order valence-corrected chi connectivity index (χ3v) is 11.6. The van der Waals surface area contributed by atoms with Gasteiger partial charge < -0.3 is 9.47 Å². The number of rotatable bonds is 7. The molecule has 0 N–H and O–H groups in total. The predicted molar refractivity (Wildman–Crippen MR) is 247 cm³/mol. The number of aromatic nitrogens is 1. The summed E-state index contributed by atoms with van der Waals surface area (Å²) in [7, 11) is 0. The number of para-hydroxylation sites is 3. The van der Waals surface area contributed by atoms with Gasteiger partial charge in [-0.1, -0.05) is 194 Å². The molecule has 58 heavy (non-hydrogen) atoms. The minimum absolute atomic E-state index is 1.12. The Balaban J connectivity index is 1.20. The molecule has 11 aromatic rings. The second kappa shape index (κ2) is 14.1. The van der Waals surface area contributed by atoms with Gasteiger partial charge in [-0.15, -0.1) is 0 Å². The molecule has 0 spiro atoms. The van der Waals surface area contributed by atoms with Gasteiger partial charge in [-0.2, -0.15) is 0 Å². The van der Waals surface area contributed by atoms with Gasteiger partial charge in [0.1, 0.15) is 0 Å². The number of hydrogen-bond acceptors (Lipinski definition) is 1. The molecule has 0 radical (unpaired) electrons. The summed E-state index contributed by atoms with van der Waals surface area (Å²) in [5, 5.41) is 7.30. The van der Waals surface area contributed by atoms with Crippen molar-refractivity contribution >= 4 is 60.4 Å². The van der Waals surface area contributed by atoms with Crippen LogP contribution in [0, 0.1) is 0 Å². The average Bonchev–Trinajstić information content (AvgIpc) is 3.65. The maximum Gasteiger partial charge on any atom is 0.0562 e. The van der Waals surface area contributed by atoms with E-state index in [0.717, 1.165) is 33.8 Å². The van der Waals surface area contributed by atoms with Crippen molar-refractivity contribution in [3.63, 3.8) is 0 Å². The lowest BCUT2D eigenvalue weighted by atomic mass is 9.97. The van der Waals surface area contributed by atoms with Gasteiger partial charge in [-0.3, -0.25) is 0 Å². The van der Waals surface area contributed by atoms with Crippen LogP contribution in [0.2, 0.25) is 0 Å². The number of hydrogen-bond donors (Lipinski definition) is 0. The molecule has 0 fully saturated rings. The maximum atomic E-state index is 2.52. The first-order chi connectivity index (χ1) is 28.8. The Bertz CT molecular complexity index is 3270. The topological polar surface area (TPSA) is 8.17 Å². The molecule has 0 amide bonds. The van der Waals surface area contributed by atoms with Crippen LogP contribution < -0.4 is 4.90 Å². The molecule has 0 saturated heterocycles. The smallest absolute Gasteiger partial charge is 0.0562 e. The second-order valence-electron chi connectivity index (χ2n) is 14.9. The zero-order valence-electron chi connectivity index (χ0n) is 31.8. The van der Waals surface area contributed by atoms with Crippen LogP contribution in [0.5, 0.6) is 0 Å². The first-order valence-electron chi connectivity index (χ1n) is 19.9. The molecule has 0 aliphatic rings. The van der Waals surface area contributed by atoms with E-state index in [2.05, 4.69) is 240 Å². The Kier molecular flexibility index (Phi) is 8.19. The van der Waals surface area contributed by atoms with Crippen molar-refractivity contribution in [3.8, 4) is 39.1 Å². The lowest BCUT2D eigenvalue weighted by molar-refractivity contribution is 1.18. The summed E-state index contributed by atoms with van der Waals surface area (Å²) >= 11 is 0. The van der Waals surface area contributed by atoms with Gasteiger partial charge in [-0.05, 0) is 74.8 Å². The van der Waals surface area contributed by atoms with E-state index in [-0.39, 0.29) is 0 Å². The van der Waals surface area contributed by atoms with Gasteiger partial charge in [0.2, 0.25) is 0 Å². The fraction of sp³-hybridized carbons (Fsp3) is 0. The summed E-state index contributed by atoms with van der Waals surface area (Å²) in [6, 6.07) is 83.7. The minimum Gasteiger partial charge on any atom is -0.309 e. The van der Waals surface area contributed by atoms with Crippen molar-refractivity contribution in [2.45, 2.75) is 0 Å². The number of benzene rings is 10. The molecule has 11 rings (SSSR count). The van der Waals surface area contributed by atoms with Gasteiger partial charge in [0.25, 0.3) is 0 Å². The zero-order valence-corrected chi connectivity index (χ0v) is 31.8. The number of anilines is 3. The highest BCUT2D eigenvalue weighted by Crippen LogP contribution is 2.49. The third kappa shape index (κ3) is 5.57. The van der Waals surface area contributed by atoms with Crippen molar-refractivity contribution in [2.24, 2.45) is 0 Å². The normalized spacial score (nSPS) is 11.4. The standard InChI is InChI=1S/C56H38N2/c1-3-18-39(19-4-1)40-34-36-42(37-35-40)46-25-12-14-29-50(46)57-52-31-16-13-28-49(52)56-53(57)32-17-33-54(56)58(51-30-15-11-24-45(51)41-20-5-2-6-21-41)55-38-43-22-7-8-23-44(43)47-26-9-10-27-48(47)55/h1-38H. The van der Waals surface area contributed by atoms with Crippen molar-refractivity contribution in [2.75, 3.05) is 4.90 Å². The van der Waals surface area contributed by atoms with E-state index < -0.39 is 0 Å². The van der Waals surface area contributed by atoms with Crippen LogP contribution in [0.25, 0.3) is 82.4 Å².